The molecule has 1 atom stereocenters. The van der Waals surface area contributed by atoms with E-state index in [2.05, 4.69) is 5.32 Å². The molecule has 1 aromatic carbocycles. The van der Waals surface area contributed by atoms with Crippen LogP contribution >= 0.6 is 0 Å². The Morgan fingerprint density at radius 3 is 2.39 bits per heavy atom. The first-order valence-electron chi connectivity index (χ1n) is 6.02. The number of benzene rings is 1. The van der Waals surface area contributed by atoms with Gasteiger partial charge in [-0.05, 0) is 44.9 Å². The summed E-state index contributed by atoms with van der Waals surface area (Å²) >= 11 is 0. The fourth-order valence-corrected chi connectivity index (χ4v) is 1.60. The average Bonchev–Trinajstić information content (AvgIpc) is 2.24. The second kappa shape index (κ2) is 5.96. The molecule has 0 aliphatic rings. The minimum absolute atomic E-state index is 0.0938. The van der Waals surface area contributed by atoms with E-state index in [9.17, 15) is 14.3 Å². The van der Waals surface area contributed by atoms with Crippen LogP contribution < -0.4 is 5.32 Å². The highest BCUT2D eigenvalue weighted by Crippen LogP contribution is 2.18. The predicted molar refractivity (Wildman–Crippen MR) is 68.5 cm³/mol. The molecule has 100 valence electrons. The monoisotopic (exact) mass is 253 g/mol. The van der Waals surface area contributed by atoms with Gasteiger partial charge in [0.25, 0.3) is 0 Å². The molecule has 0 bridgehead atoms. The molecule has 0 heterocycles. The lowest BCUT2D eigenvalue weighted by atomic mass is 10.0. The number of aliphatic hydroxyl groups excluding tert-OH is 1. The molecule has 0 spiro atoms. The molecule has 1 rings (SSSR count). The Kier molecular flexibility index (Phi) is 4.84. The number of hydrogen-bond acceptors (Lipinski definition) is 2. The molecule has 18 heavy (non-hydrogen) atoms. The Morgan fingerprint density at radius 2 is 1.89 bits per heavy atom. The van der Waals surface area contributed by atoms with Gasteiger partial charge in [-0.15, -0.1) is 0 Å². The molecule has 1 unspecified atom stereocenters. The maximum absolute atomic E-state index is 12.7. The average molecular weight is 253 g/mol. The van der Waals surface area contributed by atoms with Gasteiger partial charge in [0.1, 0.15) is 5.82 Å². The Labute approximate surface area is 107 Å². The summed E-state index contributed by atoms with van der Waals surface area (Å²) in [7, 11) is 0. The van der Waals surface area contributed by atoms with E-state index in [-0.39, 0.29) is 23.7 Å². The minimum Gasteiger partial charge on any atom is -0.388 e. The van der Waals surface area contributed by atoms with Gasteiger partial charge in [0.05, 0.1) is 6.10 Å². The molecule has 1 aromatic rings. The molecule has 0 aliphatic heterocycles. The molecular weight excluding hydrogens is 233 g/mol. The van der Waals surface area contributed by atoms with Crippen LogP contribution in [-0.2, 0) is 4.79 Å². The van der Waals surface area contributed by atoms with Crippen molar-refractivity contribution in [3.05, 3.63) is 35.6 Å². The molecule has 3 nitrogen and oxygen atoms in total. The summed E-state index contributed by atoms with van der Waals surface area (Å²) in [6.45, 7) is 5.71. The van der Waals surface area contributed by atoms with Gasteiger partial charge < -0.3 is 10.4 Å². The number of carbonyl (C=O) groups excluding carboxylic acids is 1. The van der Waals surface area contributed by atoms with E-state index in [0.29, 0.717) is 12.0 Å². The summed E-state index contributed by atoms with van der Waals surface area (Å²) in [5.41, 5.74) is 0.359. The highest BCUT2D eigenvalue weighted by atomic mass is 19.1. The normalized spacial score (nSPS) is 13.2. The lowest BCUT2D eigenvalue weighted by Gasteiger charge is -2.21. The Hall–Kier alpha value is -1.42. The SMILES string of the molecule is CC(C)(C)NC(=O)CCC(O)c1ccc(F)cc1. The quantitative estimate of drug-likeness (QED) is 0.866. The third-order valence-electron chi connectivity index (χ3n) is 2.41. The van der Waals surface area contributed by atoms with E-state index in [4.69, 9.17) is 0 Å². The lowest BCUT2D eigenvalue weighted by Crippen LogP contribution is -2.40. The van der Waals surface area contributed by atoms with Gasteiger partial charge in [0.15, 0.2) is 0 Å². The maximum atomic E-state index is 12.7. The van der Waals surface area contributed by atoms with Crippen LogP contribution in [0.25, 0.3) is 0 Å². The molecule has 0 aliphatic carbocycles. The predicted octanol–water partition coefficient (Wildman–Crippen LogP) is 2.55. The van der Waals surface area contributed by atoms with Crippen molar-refractivity contribution < 1.29 is 14.3 Å². The summed E-state index contributed by atoms with van der Waals surface area (Å²) in [5, 5.41) is 12.7. The first-order valence-corrected chi connectivity index (χ1v) is 6.02. The number of carbonyl (C=O) groups is 1. The second-order valence-electron chi connectivity index (χ2n) is 5.40. The van der Waals surface area contributed by atoms with Crippen molar-refractivity contribution >= 4 is 5.91 Å². The van der Waals surface area contributed by atoms with Crippen LogP contribution in [0.4, 0.5) is 4.39 Å². The van der Waals surface area contributed by atoms with Crippen molar-refractivity contribution in [3.63, 3.8) is 0 Å². The number of aliphatic hydroxyl groups is 1. The van der Waals surface area contributed by atoms with Crippen LogP contribution in [0.3, 0.4) is 0 Å². The molecule has 0 aromatic heterocycles. The molecule has 0 radical (unpaired) electrons. The smallest absolute Gasteiger partial charge is 0.220 e. The van der Waals surface area contributed by atoms with Crippen molar-refractivity contribution in [2.75, 3.05) is 0 Å². The van der Waals surface area contributed by atoms with Gasteiger partial charge in [0.2, 0.25) is 5.91 Å². The van der Waals surface area contributed by atoms with Gasteiger partial charge in [-0.1, -0.05) is 12.1 Å². The fraction of sp³-hybridized carbons (Fsp3) is 0.500. The van der Waals surface area contributed by atoms with Crippen molar-refractivity contribution in [2.45, 2.75) is 45.3 Å². The summed E-state index contributed by atoms with van der Waals surface area (Å²) in [6, 6.07) is 5.66. The number of rotatable bonds is 4. The van der Waals surface area contributed by atoms with E-state index in [1.165, 1.54) is 24.3 Å². The second-order valence-corrected chi connectivity index (χ2v) is 5.40. The van der Waals surface area contributed by atoms with E-state index < -0.39 is 6.10 Å². The van der Waals surface area contributed by atoms with E-state index in [0.717, 1.165) is 0 Å². The highest BCUT2D eigenvalue weighted by molar-refractivity contribution is 5.76. The first-order chi connectivity index (χ1) is 8.28. The molecule has 0 saturated carbocycles. The van der Waals surface area contributed by atoms with Gasteiger partial charge in [-0.3, -0.25) is 4.79 Å². The molecule has 4 heteroatoms. The highest BCUT2D eigenvalue weighted by Gasteiger charge is 2.15. The van der Waals surface area contributed by atoms with Crippen molar-refractivity contribution in [3.8, 4) is 0 Å². The van der Waals surface area contributed by atoms with Gasteiger partial charge >= 0.3 is 0 Å². The largest absolute Gasteiger partial charge is 0.388 e. The fourth-order valence-electron chi connectivity index (χ4n) is 1.60. The van der Waals surface area contributed by atoms with Crippen LogP contribution in [0.1, 0.15) is 45.3 Å². The van der Waals surface area contributed by atoms with Crippen LogP contribution in [0.2, 0.25) is 0 Å². The first kappa shape index (κ1) is 14.6. The van der Waals surface area contributed by atoms with E-state index in [1.807, 2.05) is 20.8 Å². The summed E-state index contributed by atoms with van der Waals surface area (Å²) in [5.74, 6) is -0.430. The minimum atomic E-state index is -0.740. The molecule has 0 saturated heterocycles. The van der Waals surface area contributed by atoms with E-state index in [1.54, 1.807) is 0 Å². The van der Waals surface area contributed by atoms with Crippen molar-refractivity contribution in [1.82, 2.24) is 5.32 Å². The zero-order chi connectivity index (χ0) is 13.8. The summed E-state index contributed by atoms with van der Waals surface area (Å²) < 4.78 is 12.7. The van der Waals surface area contributed by atoms with Gasteiger partial charge in [-0.25, -0.2) is 4.39 Å². The number of hydrogen-bond donors (Lipinski definition) is 2. The standard InChI is InChI=1S/C14H20FNO2/c1-14(2,3)16-13(18)9-8-12(17)10-4-6-11(15)7-5-10/h4-7,12,17H,8-9H2,1-3H3,(H,16,18). The number of nitrogens with one attached hydrogen (secondary N) is 1. The van der Waals surface area contributed by atoms with Gasteiger partial charge in [0, 0.05) is 12.0 Å². The summed E-state index contributed by atoms with van der Waals surface area (Å²) in [4.78, 5) is 11.6. The Bertz CT molecular complexity index is 395. The zero-order valence-electron chi connectivity index (χ0n) is 11.0. The molecule has 0 fully saturated rings. The molecule has 1 amide bonds. The third kappa shape index (κ3) is 5.27. The Morgan fingerprint density at radius 1 is 1.33 bits per heavy atom. The maximum Gasteiger partial charge on any atom is 0.220 e. The molecule has 2 N–H and O–H groups in total. The van der Waals surface area contributed by atoms with Crippen LogP contribution in [0.15, 0.2) is 24.3 Å². The zero-order valence-corrected chi connectivity index (χ0v) is 11.0. The van der Waals surface area contributed by atoms with Crippen molar-refractivity contribution in [1.29, 1.82) is 0 Å². The van der Waals surface area contributed by atoms with Crippen molar-refractivity contribution in [2.24, 2.45) is 0 Å². The van der Waals surface area contributed by atoms with E-state index >= 15 is 0 Å². The summed E-state index contributed by atoms with van der Waals surface area (Å²) in [6.07, 6.45) is -0.167. The molecular formula is C14H20FNO2. The topological polar surface area (TPSA) is 49.3 Å². The van der Waals surface area contributed by atoms with Crippen LogP contribution in [0, 0.1) is 5.82 Å². The third-order valence-corrected chi connectivity index (χ3v) is 2.41. The van der Waals surface area contributed by atoms with Crippen LogP contribution in [0.5, 0.6) is 0 Å². The van der Waals surface area contributed by atoms with Crippen LogP contribution in [-0.4, -0.2) is 16.6 Å². The Balaban J connectivity index is 2.44. The lowest BCUT2D eigenvalue weighted by molar-refractivity contribution is -0.123. The number of halogens is 1. The van der Waals surface area contributed by atoms with Gasteiger partial charge in [-0.2, -0.15) is 0 Å². The number of amides is 1.